The summed E-state index contributed by atoms with van der Waals surface area (Å²) in [4.78, 5) is 107. The van der Waals surface area contributed by atoms with Crippen molar-refractivity contribution >= 4 is 133 Å². The molecule has 5 aromatic carbocycles. The summed E-state index contributed by atoms with van der Waals surface area (Å²) in [6, 6.07) is 32.9. The number of hydrogen-bond acceptors (Lipinski definition) is 21. The van der Waals surface area contributed by atoms with E-state index in [1.807, 2.05) is 75.8 Å². The Morgan fingerprint density at radius 1 is 0.474 bits per heavy atom. The number of amides is 3. The number of rotatable bonds is 14. The van der Waals surface area contributed by atoms with Crippen LogP contribution in [0, 0.1) is 29.1 Å². The molecule has 4 aliphatic rings. The molecular formula is C97H112BrCl2F5N16O13S. The summed E-state index contributed by atoms with van der Waals surface area (Å²) < 4.78 is 112. The van der Waals surface area contributed by atoms with Gasteiger partial charge in [-0.1, -0.05) is 91.9 Å². The molecule has 3 amide bonds. The number of aryl methyl sites for hydroxylation is 4. The van der Waals surface area contributed by atoms with Crippen LogP contribution in [-0.2, 0) is 76.2 Å². The number of nitrogens with one attached hydrogen (secondary N) is 2. The van der Waals surface area contributed by atoms with Crippen molar-refractivity contribution in [3.63, 3.8) is 0 Å². The first-order valence-electron chi connectivity index (χ1n) is 44.1. The Labute approximate surface area is 796 Å². The Morgan fingerprint density at radius 2 is 0.852 bits per heavy atom. The van der Waals surface area contributed by atoms with Crippen molar-refractivity contribution in [1.29, 1.82) is 0 Å². The monoisotopic (exact) mass is 1980 g/mol. The quantitative estimate of drug-likeness (QED) is 0.0227. The molecule has 1 aliphatic heterocycles. The van der Waals surface area contributed by atoms with Gasteiger partial charge >= 0.3 is 18.3 Å². The second kappa shape index (κ2) is 47.0. The minimum Gasteiger partial charge on any atom is -0.444 e. The van der Waals surface area contributed by atoms with Gasteiger partial charge in [-0.15, -0.1) is 11.6 Å². The Bertz CT molecular complexity index is 6560. The normalized spacial score (nSPS) is 14.9. The predicted octanol–water partition coefficient (Wildman–Crippen LogP) is 19.9. The van der Waals surface area contributed by atoms with E-state index in [0.717, 1.165) is 43.3 Å². The molecule has 38 heteroatoms. The minimum absolute atomic E-state index is 0.0169. The van der Waals surface area contributed by atoms with Gasteiger partial charge in [0.2, 0.25) is 21.1 Å². The zero-order chi connectivity index (χ0) is 98.6. The van der Waals surface area contributed by atoms with Crippen molar-refractivity contribution in [2.75, 3.05) is 22.1 Å². The highest BCUT2D eigenvalue weighted by Crippen LogP contribution is 2.38. The Balaban J connectivity index is 0.000000169. The van der Waals surface area contributed by atoms with E-state index in [-0.39, 0.29) is 39.5 Å². The number of hydrogen-bond donors (Lipinski definition) is 3. The van der Waals surface area contributed by atoms with E-state index in [9.17, 15) is 68.7 Å². The first kappa shape index (κ1) is 105. The molecule has 3 aliphatic carbocycles. The number of primary amides is 1. The molecule has 16 rings (SSSR count). The molecule has 0 unspecified atom stereocenters. The van der Waals surface area contributed by atoms with Crippen molar-refractivity contribution in [3.05, 3.63) is 261 Å². The molecule has 29 nitrogen and oxygen atoms in total. The van der Waals surface area contributed by atoms with Crippen LogP contribution in [0.2, 0.25) is 0 Å². The van der Waals surface area contributed by atoms with Crippen molar-refractivity contribution in [2.45, 2.75) is 230 Å². The number of benzene rings is 5. The van der Waals surface area contributed by atoms with Gasteiger partial charge in [0.1, 0.15) is 22.8 Å². The highest BCUT2D eigenvalue weighted by molar-refractivity contribution is 9.10. The summed E-state index contributed by atoms with van der Waals surface area (Å²) in [5.41, 5.74) is 11.6. The van der Waals surface area contributed by atoms with E-state index in [4.69, 9.17) is 48.4 Å². The first-order valence-corrected chi connectivity index (χ1v) is 47.3. The van der Waals surface area contributed by atoms with E-state index >= 15 is 0 Å². The molecule has 1 atom stereocenters. The lowest BCUT2D eigenvalue weighted by Crippen LogP contribution is -2.54. The van der Waals surface area contributed by atoms with Crippen LogP contribution in [0.4, 0.5) is 53.4 Å². The van der Waals surface area contributed by atoms with E-state index in [0.29, 0.717) is 80.4 Å². The number of nitrogens with two attached hydrogens (primary N) is 1. The fourth-order valence-corrected chi connectivity index (χ4v) is 17.8. The number of halogens is 8. The van der Waals surface area contributed by atoms with Crippen LogP contribution in [0.3, 0.4) is 0 Å². The van der Waals surface area contributed by atoms with Crippen LogP contribution in [0.25, 0.3) is 43.1 Å². The molecule has 12 aromatic rings. The van der Waals surface area contributed by atoms with E-state index < -0.39 is 90.4 Å². The number of nitrogens with zero attached hydrogens (tertiary/aromatic N) is 13. The molecule has 0 radical (unpaired) electrons. The number of aromatic nitrogens is 11. The van der Waals surface area contributed by atoms with Gasteiger partial charge < -0.3 is 25.3 Å². The molecule has 4 fully saturated rings. The molecule has 1 saturated heterocycles. The summed E-state index contributed by atoms with van der Waals surface area (Å²) in [6.07, 6.45) is 30.2. The van der Waals surface area contributed by atoms with E-state index in [2.05, 4.69) is 87.0 Å². The van der Waals surface area contributed by atoms with Gasteiger partial charge in [0.05, 0.1) is 52.9 Å². The Morgan fingerprint density at radius 3 is 1.23 bits per heavy atom. The number of alkyl halides is 1. The minimum atomic E-state index is -5.09. The average Bonchev–Trinajstić information content (AvgIpc) is 0.736. The lowest BCUT2D eigenvalue weighted by atomic mass is 9.86. The Hall–Kier alpha value is -12.0. The van der Waals surface area contributed by atoms with Crippen LogP contribution in [0.1, 0.15) is 217 Å². The second-order valence-corrected chi connectivity index (χ2v) is 39.4. The molecule has 4 N–H and O–H groups in total. The van der Waals surface area contributed by atoms with Crippen molar-refractivity contribution in [3.8, 4) is 0 Å². The first-order chi connectivity index (χ1) is 63.8. The molecule has 0 bridgehead atoms. The summed E-state index contributed by atoms with van der Waals surface area (Å²) >= 11 is 14.2. The highest BCUT2D eigenvalue weighted by Gasteiger charge is 2.46. The number of carbonyl (C=O) groups excluding carboxylic acids is 4. The summed E-state index contributed by atoms with van der Waals surface area (Å²) in [5, 5.41) is 26.5. The molecule has 8 heterocycles. The average molecular weight is 1990 g/mol. The van der Waals surface area contributed by atoms with Gasteiger partial charge in [-0.2, -0.15) is 24.7 Å². The van der Waals surface area contributed by atoms with Crippen molar-refractivity contribution in [2.24, 2.45) is 33.9 Å². The fraction of sp³-hybridized carbons (Fsp3) is 0.412. The molecule has 0 spiro atoms. The lowest BCUT2D eigenvalue weighted by Gasteiger charge is -2.37. The van der Waals surface area contributed by atoms with Gasteiger partial charge in [-0.3, -0.25) is 49.1 Å². The summed E-state index contributed by atoms with van der Waals surface area (Å²) in [7, 11) is 1.43. The lowest BCUT2D eigenvalue weighted by molar-refractivity contribution is -0.117. The van der Waals surface area contributed by atoms with Gasteiger partial charge in [0, 0.05) is 144 Å². The van der Waals surface area contributed by atoms with Crippen LogP contribution < -0.4 is 43.5 Å². The highest BCUT2D eigenvalue weighted by atomic mass is 79.9. The van der Waals surface area contributed by atoms with Crippen LogP contribution in [0.5, 0.6) is 0 Å². The van der Waals surface area contributed by atoms with E-state index in [1.54, 1.807) is 142 Å². The number of sulfonamides is 1. The SMILES string of the molecule is CC(C)(C)OC(N)=O.ClCc1ccc(C2CCCCC2)nc1.Cn1ncc2cc(Br)ccc2c1=O.Cn1ncc2cc(N(Cc3ccc(C4CCCCC4)nc3)C(=O)OC(C)(C)C)ccc2c1=O.Cn1ncc2cc(NC(=O)OC(C)(C)C)ccc2c1=O.Cn1ncc2cc(NCc3ccc(C4CCCCC4)nc3)ccc2c1=O.O=C(Cl)[C@H]1CCN1S(=O)(=O)c1c(F)c(F)c(F)c(F)c1F. The number of anilines is 3. The van der Waals surface area contributed by atoms with Gasteiger partial charge in [0.25, 0.3) is 22.2 Å². The summed E-state index contributed by atoms with van der Waals surface area (Å²) in [5.74, 6) is -9.78. The maximum absolute atomic E-state index is 13.5. The fourth-order valence-electron chi connectivity index (χ4n) is 15.3. The Kier molecular flexibility index (Phi) is 36.6. The van der Waals surface area contributed by atoms with Gasteiger partial charge in [-0.25, -0.2) is 63.5 Å². The van der Waals surface area contributed by atoms with Crippen LogP contribution >= 0.6 is 39.1 Å². The van der Waals surface area contributed by atoms with Crippen LogP contribution in [0.15, 0.2) is 181 Å². The van der Waals surface area contributed by atoms with E-state index in [1.165, 1.54) is 126 Å². The smallest absolute Gasteiger partial charge is 0.415 e. The number of carbonyl (C=O) groups is 4. The number of ether oxygens (including phenoxy) is 3. The largest absolute Gasteiger partial charge is 0.444 e. The third kappa shape index (κ3) is 29.3. The van der Waals surface area contributed by atoms with Crippen molar-refractivity contribution in [1.82, 2.24) is 58.4 Å². The standard InChI is InChI=1S/C26H32N4O3.C21H24N4O.C14H17N3O3.C12H16ClN.C10H5ClF5NO3S.C9H7BrN2O.C5H11NO2/c1-26(2,3)33-25(32)30(21-11-12-22-20(14-21)16-28-29(4)24(22)31)17-18-10-13-23(27-15-18)19-8-6-5-7-9-19;1-25-21(26)19-9-8-18(11-17(19)14-24-25)22-12-15-7-10-20(23-13-15)16-5-3-2-4-6-16;1-14(2,3)20-13(19)16-10-5-6-11-9(7-10)8-15-17(4)12(11)18;13-8-10-6-7-12(14-9-10)11-4-2-1-3-5-11;11-10(18)3-1-2-17(3)21(19,20)9-7(15)5(13)4(12)6(14)8(9)16;1-12-9(13)8-3-2-7(10)4-6(8)5-11-12;1-5(2,3)8-4(6)7/h10-16,19H,5-9,17H2,1-4H3;7-11,13-14,16,22H,2-6,12H2,1H3;5-8H,1-4H3,(H,16,19);6-7,9,11H,1-5,8H2;3H,1-2H2;2-5H,1H3;1-3H3,(H2,6,7)/t;;;;3-;;/m....1../s1. The molecule has 135 heavy (non-hydrogen) atoms. The van der Waals surface area contributed by atoms with Gasteiger partial charge in [-0.05, 0) is 227 Å². The zero-order valence-corrected chi connectivity index (χ0v) is 81.4. The van der Waals surface area contributed by atoms with Crippen LogP contribution in [-0.4, -0.2) is 120 Å². The predicted molar refractivity (Wildman–Crippen MR) is 515 cm³/mol. The zero-order valence-electron chi connectivity index (χ0n) is 77.5. The topological polar surface area (TPSA) is 365 Å². The molecule has 7 aromatic heterocycles. The number of pyridine rings is 3. The maximum atomic E-state index is 13.5. The molecular weight excluding hydrogens is 1880 g/mol. The summed E-state index contributed by atoms with van der Waals surface area (Å²) in [6.45, 7) is 16.9. The molecule has 720 valence electrons. The van der Waals surface area contributed by atoms with Gasteiger partial charge in [0.15, 0.2) is 28.2 Å². The number of fused-ring (bicyclic) bond motifs is 4. The van der Waals surface area contributed by atoms with Crippen molar-refractivity contribution < 1.29 is 63.8 Å². The third-order valence-electron chi connectivity index (χ3n) is 22.3. The second-order valence-electron chi connectivity index (χ2n) is 36.0. The maximum Gasteiger partial charge on any atom is 0.415 e. The molecule has 3 saturated carbocycles. The third-order valence-corrected chi connectivity index (χ3v) is 25.3.